The van der Waals surface area contributed by atoms with Gasteiger partial charge in [-0.3, -0.25) is 9.20 Å². The van der Waals surface area contributed by atoms with Crippen LogP contribution in [0.2, 0.25) is 0 Å². The van der Waals surface area contributed by atoms with Crippen LogP contribution in [0.1, 0.15) is 45.6 Å². The van der Waals surface area contributed by atoms with Crippen molar-refractivity contribution in [1.82, 2.24) is 14.7 Å². The third-order valence-electron chi connectivity index (χ3n) is 5.50. The van der Waals surface area contributed by atoms with Crippen LogP contribution in [0.4, 0.5) is 0 Å². The zero-order chi connectivity index (χ0) is 23.5. The molecule has 1 atom stereocenters. The fourth-order valence-corrected chi connectivity index (χ4v) is 3.23. The summed E-state index contributed by atoms with van der Waals surface area (Å²) in [6.07, 6.45) is 7.23. The summed E-state index contributed by atoms with van der Waals surface area (Å²) in [5.74, 6) is 2.09. The molecule has 2 heterocycles. The van der Waals surface area contributed by atoms with Crippen molar-refractivity contribution in [1.29, 1.82) is 0 Å². The van der Waals surface area contributed by atoms with Gasteiger partial charge >= 0.3 is 0 Å². The van der Waals surface area contributed by atoms with E-state index in [1.807, 2.05) is 25.1 Å². The maximum atomic E-state index is 12.6. The van der Waals surface area contributed by atoms with Crippen LogP contribution in [-0.2, 0) is 0 Å². The highest BCUT2D eigenvalue weighted by atomic mass is 16.5. The number of ether oxygens (including phenoxy) is 2. The molecule has 0 bridgehead atoms. The van der Waals surface area contributed by atoms with E-state index in [1.54, 1.807) is 43.1 Å². The molecule has 1 aromatic carbocycles. The monoisotopic (exact) mass is 439 g/mol. The van der Waals surface area contributed by atoms with Crippen LogP contribution in [0.25, 0.3) is 16.8 Å². The van der Waals surface area contributed by atoms with Gasteiger partial charge in [-0.1, -0.05) is 33.3 Å². The van der Waals surface area contributed by atoms with Crippen molar-refractivity contribution in [2.45, 2.75) is 47.0 Å². The van der Waals surface area contributed by atoms with Crippen LogP contribution in [0.5, 0.6) is 11.5 Å². The molecule has 174 valence electrons. The molecule has 2 aromatic heterocycles. The SMILES string of the molecule is CCCNCCC(C)CC.COc1ccc(-c2cnc3cc(C)ccn3c2=O)cc1OC. The summed E-state index contributed by atoms with van der Waals surface area (Å²) >= 11 is 0. The minimum atomic E-state index is -0.114. The van der Waals surface area contributed by atoms with Gasteiger partial charge in [-0.15, -0.1) is 0 Å². The maximum Gasteiger partial charge on any atom is 0.265 e. The summed E-state index contributed by atoms with van der Waals surface area (Å²) in [6, 6.07) is 9.13. The van der Waals surface area contributed by atoms with Gasteiger partial charge in [0, 0.05) is 12.4 Å². The molecule has 0 amide bonds. The fraction of sp³-hybridized carbons (Fsp3) is 0.462. The molecule has 3 aromatic rings. The smallest absolute Gasteiger partial charge is 0.265 e. The molecule has 3 rings (SSSR count). The zero-order valence-electron chi connectivity index (χ0n) is 20.3. The van der Waals surface area contributed by atoms with Gasteiger partial charge in [0.15, 0.2) is 11.5 Å². The second-order valence-corrected chi connectivity index (χ2v) is 8.03. The predicted octanol–water partition coefficient (Wildman–Crippen LogP) is 5.11. The number of methoxy groups -OCH3 is 2. The van der Waals surface area contributed by atoms with Crippen LogP contribution in [0, 0.1) is 12.8 Å². The Morgan fingerprint density at radius 3 is 2.47 bits per heavy atom. The van der Waals surface area contributed by atoms with Gasteiger partial charge in [-0.05, 0) is 74.2 Å². The molecule has 6 nitrogen and oxygen atoms in total. The number of fused-ring (bicyclic) bond motifs is 1. The van der Waals surface area contributed by atoms with Gasteiger partial charge in [0.1, 0.15) is 5.65 Å². The molecule has 1 N–H and O–H groups in total. The van der Waals surface area contributed by atoms with Crippen molar-refractivity contribution in [2.75, 3.05) is 27.3 Å². The molecule has 6 heteroatoms. The Morgan fingerprint density at radius 1 is 1.06 bits per heavy atom. The highest BCUT2D eigenvalue weighted by Gasteiger charge is 2.11. The Labute approximate surface area is 191 Å². The standard InChI is InChI=1S/C17H16N2O3.C9H21N/c1-11-6-7-19-16(8-11)18-10-13(17(19)20)12-4-5-14(21-2)15(9-12)22-3;1-4-7-10-8-6-9(3)5-2/h4-10H,1-3H3;9-10H,4-8H2,1-3H3. The average Bonchev–Trinajstić information content (AvgIpc) is 2.81. The first kappa shape index (κ1) is 25.4. The molecule has 0 spiro atoms. The number of pyridine rings is 1. The lowest BCUT2D eigenvalue weighted by atomic mass is 10.1. The predicted molar refractivity (Wildman–Crippen MR) is 132 cm³/mol. The first-order valence-corrected chi connectivity index (χ1v) is 11.4. The van der Waals surface area contributed by atoms with Crippen LogP contribution in [0.3, 0.4) is 0 Å². The van der Waals surface area contributed by atoms with Crippen LogP contribution in [-0.4, -0.2) is 36.7 Å². The third kappa shape index (κ3) is 6.82. The summed E-state index contributed by atoms with van der Waals surface area (Å²) in [5, 5.41) is 3.40. The Bertz CT molecular complexity index is 1050. The lowest BCUT2D eigenvalue weighted by Gasteiger charge is -2.10. The van der Waals surface area contributed by atoms with E-state index >= 15 is 0 Å². The normalized spacial score (nSPS) is 11.6. The molecule has 0 aliphatic rings. The highest BCUT2D eigenvalue weighted by molar-refractivity contribution is 5.66. The van der Waals surface area contributed by atoms with Crippen molar-refractivity contribution in [3.8, 4) is 22.6 Å². The molecule has 1 unspecified atom stereocenters. The number of aryl methyl sites for hydroxylation is 1. The number of hydrogen-bond acceptors (Lipinski definition) is 5. The second kappa shape index (κ2) is 12.9. The Hall–Kier alpha value is -2.86. The molecular weight excluding hydrogens is 402 g/mol. The molecule has 0 aliphatic carbocycles. The number of nitrogens with zero attached hydrogens (tertiary/aromatic N) is 2. The quantitative estimate of drug-likeness (QED) is 0.470. The van der Waals surface area contributed by atoms with Crippen molar-refractivity contribution >= 4 is 5.65 Å². The lowest BCUT2D eigenvalue weighted by molar-refractivity contribution is 0.355. The number of nitrogens with one attached hydrogen (secondary N) is 1. The lowest BCUT2D eigenvalue weighted by Crippen LogP contribution is -2.17. The average molecular weight is 440 g/mol. The van der Waals surface area contributed by atoms with Crippen molar-refractivity contribution in [2.24, 2.45) is 5.92 Å². The molecule has 0 radical (unpaired) electrons. The van der Waals surface area contributed by atoms with Gasteiger partial charge in [-0.25, -0.2) is 4.98 Å². The van der Waals surface area contributed by atoms with Gasteiger partial charge in [0.25, 0.3) is 5.56 Å². The first-order chi connectivity index (χ1) is 15.4. The summed E-state index contributed by atoms with van der Waals surface area (Å²) in [5.41, 5.74) is 2.84. The van der Waals surface area contributed by atoms with Gasteiger partial charge in [0.05, 0.1) is 19.8 Å². The van der Waals surface area contributed by atoms with E-state index in [2.05, 4.69) is 31.1 Å². The first-order valence-electron chi connectivity index (χ1n) is 11.4. The number of hydrogen-bond donors (Lipinski definition) is 1. The number of benzene rings is 1. The van der Waals surface area contributed by atoms with Gasteiger partial charge in [-0.2, -0.15) is 0 Å². The van der Waals surface area contributed by atoms with Gasteiger partial charge in [0.2, 0.25) is 0 Å². The summed E-state index contributed by atoms with van der Waals surface area (Å²) in [7, 11) is 3.14. The number of rotatable bonds is 9. The Balaban J connectivity index is 0.000000309. The summed E-state index contributed by atoms with van der Waals surface area (Å²) in [6.45, 7) is 11.1. The molecule has 0 saturated carbocycles. The van der Waals surface area contributed by atoms with E-state index in [0.29, 0.717) is 22.7 Å². The van der Waals surface area contributed by atoms with Crippen molar-refractivity contribution < 1.29 is 9.47 Å². The summed E-state index contributed by atoms with van der Waals surface area (Å²) in [4.78, 5) is 17.0. The van der Waals surface area contributed by atoms with Crippen LogP contribution in [0.15, 0.2) is 47.5 Å². The molecule has 0 saturated heterocycles. The van der Waals surface area contributed by atoms with E-state index in [1.165, 1.54) is 32.4 Å². The number of aromatic nitrogens is 2. The highest BCUT2D eigenvalue weighted by Crippen LogP contribution is 2.31. The van der Waals surface area contributed by atoms with E-state index in [4.69, 9.17) is 9.47 Å². The van der Waals surface area contributed by atoms with E-state index in [-0.39, 0.29) is 5.56 Å². The molecule has 0 fully saturated rings. The molecular formula is C26H37N3O3. The second-order valence-electron chi connectivity index (χ2n) is 8.03. The minimum Gasteiger partial charge on any atom is -0.493 e. The van der Waals surface area contributed by atoms with Crippen molar-refractivity contribution in [3.05, 3.63) is 58.6 Å². The van der Waals surface area contributed by atoms with Crippen LogP contribution < -0.4 is 20.3 Å². The third-order valence-corrected chi connectivity index (χ3v) is 5.50. The van der Waals surface area contributed by atoms with E-state index < -0.39 is 0 Å². The summed E-state index contributed by atoms with van der Waals surface area (Å²) < 4.78 is 12.0. The fourth-order valence-electron chi connectivity index (χ4n) is 3.23. The van der Waals surface area contributed by atoms with Gasteiger partial charge < -0.3 is 14.8 Å². The van der Waals surface area contributed by atoms with Crippen LogP contribution >= 0.6 is 0 Å². The Kier molecular flexibility index (Phi) is 10.2. The maximum absolute atomic E-state index is 12.6. The topological polar surface area (TPSA) is 64.9 Å². The Morgan fingerprint density at radius 2 is 1.81 bits per heavy atom. The van der Waals surface area contributed by atoms with E-state index in [0.717, 1.165) is 17.0 Å². The largest absolute Gasteiger partial charge is 0.493 e. The molecule has 0 aliphatic heterocycles. The minimum absolute atomic E-state index is 0.114. The molecule has 32 heavy (non-hydrogen) atoms. The van der Waals surface area contributed by atoms with Crippen molar-refractivity contribution in [3.63, 3.8) is 0 Å². The van der Waals surface area contributed by atoms with E-state index in [9.17, 15) is 4.79 Å². The zero-order valence-corrected chi connectivity index (χ0v) is 20.3.